The minimum Gasteiger partial charge on any atom is -0.507 e. The van der Waals surface area contributed by atoms with Crippen LogP contribution >= 0.6 is 0 Å². The Morgan fingerprint density at radius 1 is 1.14 bits per heavy atom. The van der Waals surface area contributed by atoms with Gasteiger partial charge < -0.3 is 19.9 Å². The monoisotopic (exact) mass is 285 g/mol. The van der Waals surface area contributed by atoms with E-state index >= 15 is 0 Å². The summed E-state index contributed by atoms with van der Waals surface area (Å²) in [5.41, 5.74) is 3.11. The fraction of sp³-hybridized carbons (Fsp3) is 0.294. The number of anilines is 1. The summed E-state index contributed by atoms with van der Waals surface area (Å²) >= 11 is 0. The first-order valence-corrected chi connectivity index (χ1v) is 7.09. The van der Waals surface area contributed by atoms with E-state index in [0.717, 1.165) is 11.3 Å². The van der Waals surface area contributed by atoms with E-state index < -0.39 is 0 Å². The molecule has 21 heavy (non-hydrogen) atoms. The van der Waals surface area contributed by atoms with Gasteiger partial charge in [-0.15, -0.1) is 0 Å². The lowest BCUT2D eigenvalue weighted by molar-refractivity contribution is 0.174. The summed E-state index contributed by atoms with van der Waals surface area (Å²) < 4.78 is 10.6. The van der Waals surface area contributed by atoms with Crippen LogP contribution in [0, 0.1) is 0 Å². The van der Waals surface area contributed by atoms with Crippen LogP contribution in [0.4, 0.5) is 5.69 Å². The lowest BCUT2D eigenvalue weighted by Crippen LogP contribution is -2.00. The number of hydrogen-bond acceptors (Lipinski definition) is 4. The van der Waals surface area contributed by atoms with Crippen LogP contribution in [0.15, 0.2) is 36.4 Å². The smallest absolute Gasteiger partial charge is 0.231 e. The highest BCUT2D eigenvalue weighted by atomic mass is 16.7. The third-order valence-electron chi connectivity index (χ3n) is 3.61. The summed E-state index contributed by atoms with van der Waals surface area (Å²) in [6, 6.07) is 11.7. The molecule has 0 fully saturated rings. The molecule has 0 spiro atoms. The zero-order valence-corrected chi connectivity index (χ0v) is 12.2. The summed E-state index contributed by atoms with van der Waals surface area (Å²) in [6.45, 7) is 5.08. The molecule has 2 aromatic rings. The highest BCUT2D eigenvalue weighted by Gasteiger charge is 2.16. The van der Waals surface area contributed by atoms with Gasteiger partial charge in [0.05, 0.1) is 0 Å². The summed E-state index contributed by atoms with van der Waals surface area (Å²) in [4.78, 5) is 0. The molecule has 2 N–H and O–H groups in total. The molecule has 1 heterocycles. The van der Waals surface area contributed by atoms with Crippen molar-refractivity contribution >= 4 is 5.69 Å². The highest BCUT2D eigenvalue weighted by Crippen LogP contribution is 2.37. The second kappa shape index (κ2) is 5.56. The summed E-state index contributed by atoms with van der Waals surface area (Å²) in [7, 11) is 0. The van der Waals surface area contributed by atoms with Crippen LogP contribution in [0.1, 0.15) is 30.9 Å². The molecule has 3 rings (SSSR count). The van der Waals surface area contributed by atoms with E-state index in [1.54, 1.807) is 6.07 Å². The number of fused-ring (bicyclic) bond motifs is 1. The zero-order valence-electron chi connectivity index (χ0n) is 12.2. The Morgan fingerprint density at radius 2 is 1.90 bits per heavy atom. The first-order chi connectivity index (χ1) is 10.1. The van der Waals surface area contributed by atoms with Crippen molar-refractivity contribution < 1.29 is 14.6 Å². The Morgan fingerprint density at radius 3 is 2.67 bits per heavy atom. The third kappa shape index (κ3) is 2.89. The second-order valence-electron chi connectivity index (χ2n) is 5.47. The molecule has 0 saturated heterocycles. The Balaban J connectivity index is 1.74. The molecule has 0 amide bonds. The van der Waals surface area contributed by atoms with E-state index in [4.69, 9.17) is 9.47 Å². The molecule has 1 aliphatic heterocycles. The Kier molecular flexibility index (Phi) is 3.60. The average molecular weight is 285 g/mol. The largest absolute Gasteiger partial charge is 0.507 e. The first-order valence-electron chi connectivity index (χ1n) is 7.09. The Labute approximate surface area is 124 Å². The van der Waals surface area contributed by atoms with Crippen LogP contribution in [0.3, 0.4) is 0 Å². The number of nitrogens with one attached hydrogen (secondary N) is 1. The Hall–Kier alpha value is -2.36. The number of hydrogen-bond donors (Lipinski definition) is 2. The van der Waals surface area contributed by atoms with E-state index in [0.29, 0.717) is 24.0 Å². The van der Waals surface area contributed by atoms with E-state index in [2.05, 4.69) is 31.3 Å². The maximum absolute atomic E-state index is 10.0. The van der Waals surface area contributed by atoms with Crippen molar-refractivity contribution in [2.45, 2.75) is 26.3 Å². The van der Waals surface area contributed by atoms with Crippen LogP contribution < -0.4 is 14.8 Å². The molecule has 2 aromatic carbocycles. The lowest BCUT2D eigenvalue weighted by atomic mass is 10.0. The van der Waals surface area contributed by atoms with Gasteiger partial charge in [0.1, 0.15) is 5.75 Å². The van der Waals surface area contributed by atoms with Crippen LogP contribution in [0.2, 0.25) is 0 Å². The van der Waals surface area contributed by atoms with Gasteiger partial charge in [-0.3, -0.25) is 0 Å². The molecule has 4 nitrogen and oxygen atoms in total. The van der Waals surface area contributed by atoms with Gasteiger partial charge in [-0.1, -0.05) is 26.0 Å². The van der Waals surface area contributed by atoms with Crippen molar-refractivity contribution in [2.24, 2.45) is 0 Å². The molecular weight excluding hydrogens is 266 g/mol. The van der Waals surface area contributed by atoms with E-state index in [1.807, 2.05) is 18.2 Å². The maximum atomic E-state index is 10.0. The highest BCUT2D eigenvalue weighted by molar-refractivity contribution is 5.53. The predicted octanol–water partition coefficient (Wildman–Crippen LogP) is 3.86. The van der Waals surface area contributed by atoms with E-state index in [-0.39, 0.29) is 12.5 Å². The van der Waals surface area contributed by atoms with Crippen LogP contribution in [0.5, 0.6) is 17.2 Å². The van der Waals surface area contributed by atoms with Crippen molar-refractivity contribution in [2.75, 3.05) is 12.1 Å². The quantitative estimate of drug-likeness (QED) is 0.895. The SMILES string of the molecule is CC(C)c1cccc(NCc2cc3c(cc2O)OCO3)c1. The van der Waals surface area contributed by atoms with Crippen LogP contribution in [-0.4, -0.2) is 11.9 Å². The van der Waals surface area contributed by atoms with Crippen molar-refractivity contribution in [3.8, 4) is 17.2 Å². The molecule has 0 bridgehead atoms. The predicted molar refractivity (Wildman–Crippen MR) is 82.1 cm³/mol. The van der Waals surface area contributed by atoms with Gasteiger partial charge in [0.25, 0.3) is 0 Å². The molecule has 1 aliphatic rings. The summed E-state index contributed by atoms with van der Waals surface area (Å²) in [6.07, 6.45) is 0. The number of benzene rings is 2. The molecule has 0 saturated carbocycles. The normalized spacial score (nSPS) is 12.7. The summed E-state index contributed by atoms with van der Waals surface area (Å²) in [5, 5.41) is 13.4. The molecule has 0 radical (unpaired) electrons. The lowest BCUT2D eigenvalue weighted by Gasteiger charge is -2.11. The summed E-state index contributed by atoms with van der Waals surface area (Å²) in [5.74, 6) is 1.98. The first kappa shape index (κ1) is 13.6. The number of phenolic OH excluding ortho intramolecular Hbond substituents is 1. The Bertz CT molecular complexity index is 652. The van der Waals surface area contributed by atoms with Crippen LogP contribution in [-0.2, 0) is 6.54 Å². The van der Waals surface area contributed by atoms with Gasteiger partial charge in [0.15, 0.2) is 11.5 Å². The zero-order chi connectivity index (χ0) is 14.8. The molecule has 4 heteroatoms. The number of aromatic hydroxyl groups is 1. The van der Waals surface area contributed by atoms with Gasteiger partial charge in [0.2, 0.25) is 6.79 Å². The van der Waals surface area contributed by atoms with Gasteiger partial charge in [0, 0.05) is 23.9 Å². The molecular formula is C17H19NO3. The topological polar surface area (TPSA) is 50.7 Å². The molecule has 110 valence electrons. The number of ether oxygens (including phenoxy) is 2. The van der Waals surface area contributed by atoms with Gasteiger partial charge in [-0.2, -0.15) is 0 Å². The second-order valence-corrected chi connectivity index (χ2v) is 5.47. The maximum Gasteiger partial charge on any atom is 0.231 e. The van der Waals surface area contributed by atoms with Crippen molar-refractivity contribution in [3.63, 3.8) is 0 Å². The fourth-order valence-corrected chi connectivity index (χ4v) is 2.32. The van der Waals surface area contributed by atoms with Gasteiger partial charge in [-0.05, 0) is 29.7 Å². The molecule has 0 aromatic heterocycles. The van der Waals surface area contributed by atoms with E-state index in [9.17, 15) is 5.11 Å². The van der Waals surface area contributed by atoms with Gasteiger partial charge >= 0.3 is 0 Å². The molecule has 0 atom stereocenters. The third-order valence-corrected chi connectivity index (χ3v) is 3.61. The van der Waals surface area contributed by atoms with Crippen molar-refractivity contribution in [1.29, 1.82) is 0 Å². The standard InChI is InChI=1S/C17H19NO3/c1-11(2)12-4-3-5-14(6-12)18-9-13-7-16-17(8-15(13)19)21-10-20-16/h3-8,11,18-19H,9-10H2,1-2H3. The molecule has 0 aliphatic carbocycles. The number of rotatable bonds is 4. The minimum atomic E-state index is 0.210. The van der Waals surface area contributed by atoms with Crippen molar-refractivity contribution in [3.05, 3.63) is 47.5 Å². The molecule has 0 unspecified atom stereocenters. The fourth-order valence-electron chi connectivity index (χ4n) is 2.32. The van der Waals surface area contributed by atoms with Crippen LogP contribution in [0.25, 0.3) is 0 Å². The number of phenols is 1. The van der Waals surface area contributed by atoms with Crippen molar-refractivity contribution in [1.82, 2.24) is 0 Å². The minimum absolute atomic E-state index is 0.210. The van der Waals surface area contributed by atoms with Gasteiger partial charge in [-0.25, -0.2) is 0 Å². The van der Waals surface area contributed by atoms with E-state index in [1.165, 1.54) is 5.56 Å². The average Bonchev–Trinajstić information content (AvgIpc) is 2.92.